The smallest absolute Gasteiger partial charge is 0.417 e. The summed E-state index contributed by atoms with van der Waals surface area (Å²) in [5, 5.41) is 10.0. The molecule has 0 bridgehead atoms. The van der Waals surface area contributed by atoms with Crippen molar-refractivity contribution in [2.75, 3.05) is 6.61 Å². The van der Waals surface area contributed by atoms with Crippen LogP contribution in [0.4, 0.5) is 13.2 Å². The topological polar surface area (TPSA) is 72.3 Å². The van der Waals surface area contributed by atoms with Gasteiger partial charge in [0.15, 0.2) is 0 Å². The fourth-order valence-electron chi connectivity index (χ4n) is 3.08. The molecule has 0 saturated heterocycles. The predicted molar refractivity (Wildman–Crippen MR) is 91.8 cm³/mol. The van der Waals surface area contributed by atoms with Crippen LogP contribution in [0.15, 0.2) is 30.5 Å². The molecular weight excluding hydrogens is 361 g/mol. The second-order valence-electron chi connectivity index (χ2n) is 6.03. The van der Waals surface area contributed by atoms with Crippen molar-refractivity contribution in [2.45, 2.75) is 32.4 Å². The minimum atomic E-state index is -4.56. The molecule has 0 aromatic carbocycles. The number of pyridine rings is 2. The van der Waals surface area contributed by atoms with Crippen LogP contribution in [-0.4, -0.2) is 27.7 Å². The summed E-state index contributed by atoms with van der Waals surface area (Å²) in [6, 6.07) is 5.74. The Morgan fingerprint density at radius 1 is 1.26 bits per heavy atom. The molecule has 0 unspecified atom stereocenters. The van der Waals surface area contributed by atoms with Gasteiger partial charge < -0.3 is 9.84 Å². The van der Waals surface area contributed by atoms with Gasteiger partial charge in [0.1, 0.15) is 5.69 Å². The normalized spacial score (nSPS) is 14.5. The summed E-state index contributed by atoms with van der Waals surface area (Å²) in [5.74, 6) is -1.03. The molecule has 0 spiro atoms. The van der Waals surface area contributed by atoms with Crippen molar-refractivity contribution in [3.05, 3.63) is 53.0 Å². The number of carbonyl (C=O) groups is 1. The van der Waals surface area contributed by atoms with Gasteiger partial charge in [-0.1, -0.05) is 6.07 Å². The first-order valence-corrected chi connectivity index (χ1v) is 8.44. The number of carbonyl (C=O) groups excluding carboxylic acids is 1. The average molecular weight is 378 g/mol. The van der Waals surface area contributed by atoms with Crippen LogP contribution in [0, 0.1) is 0 Å². The van der Waals surface area contributed by atoms with Gasteiger partial charge in [-0.25, -0.2) is 14.8 Å². The Kier molecular flexibility index (Phi) is 5.16. The van der Waals surface area contributed by atoms with Crippen LogP contribution in [0.2, 0.25) is 0 Å². The van der Waals surface area contributed by atoms with E-state index in [4.69, 9.17) is 4.74 Å². The van der Waals surface area contributed by atoms with Gasteiger partial charge >= 0.3 is 12.1 Å². The zero-order valence-corrected chi connectivity index (χ0v) is 14.5. The molecule has 0 amide bonds. The monoisotopic (exact) mass is 378 g/mol. The van der Waals surface area contributed by atoms with Gasteiger partial charge in [-0.3, -0.25) is 0 Å². The molecule has 2 aromatic heterocycles. The van der Waals surface area contributed by atoms with Crippen molar-refractivity contribution < 1.29 is 27.8 Å². The van der Waals surface area contributed by atoms with E-state index in [0.717, 1.165) is 6.07 Å². The van der Waals surface area contributed by atoms with Gasteiger partial charge in [0.2, 0.25) is 5.88 Å². The highest BCUT2D eigenvalue weighted by Gasteiger charge is 2.33. The third kappa shape index (κ3) is 3.94. The first-order chi connectivity index (χ1) is 12.8. The average Bonchev–Trinajstić information content (AvgIpc) is 3.11. The van der Waals surface area contributed by atoms with Crippen molar-refractivity contribution in [3.8, 4) is 5.88 Å². The van der Waals surface area contributed by atoms with Crippen molar-refractivity contribution in [2.24, 2.45) is 0 Å². The van der Waals surface area contributed by atoms with Gasteiger partial charge in [0, 0.05) is 11.8 Å². The summed E-state index contributed by atoms with van der Waals surface area (Å²) in [4.78, 5) is 19.7. The Balaban J connectivity index is 2.07. The first-order valence-electron chi connectivity index (χ1n) is 8.44. The Morgan fingerprint density at radius 3 is 2.70 bits per heavy atom. The molecule has 1 aliphatic carbocycles. The van der Waals surface area contributed by atoms with E-state index in [0.29, 0.717) is 42.3 Å². The van der Waals surface area contributed by atoms with Crippen LogP contribution in [0.5, 0.6) is 5.88 Å². The van der Waals surface area contributed by atoms with Gasteiger partial charge in [-0.15, -0.1) is 0 Å². The number of halogens is 3. The molecule has 0 radical (unpaired) electrons. The molecule has 3 rings (SSSR count). The highest BCUT2D eigenvalue weighted by atomic mass is 19.4. The molecule has 0 atom stereocenters. The lowest BCUT2D eigenvalue weighted by molar-refractivity contribution is -0.137. The SMILES string of the molecule is CCOC(=O)c1cccc(C2=C(c3cc(C(F)(F)F)cnc3O)CCC2)n1. The maximum absolute atomic E-state index is 13.0. The van der Waals surface area contributed by atoms with Crippen LogP contribution in [0.1, 0.15) is 53.5 Å². The van der Waals surface area contributed by atoms with Crippen LogP contribution in [-0.2, 0) is 10.9 Å². The van der Waals surface area contributed by atoms with Crippen molar-refractivity contribution in [1.29, 1.82) is 0 Å². The molecule has 2 aromatic rings. The number of nitrogens with zero attached hydrogens (tertiary/aromatic N) is 2. The Hall–Kier alpha value is -2.90. The van der Waals surface area contributed by atoms with Crippen molar-refractivity contribution in [3.63, 3.8) is 0 Å². The largest absolute Gasteiger partial charge is 0.493 e. The minimum absolute atomic E-state index is 0.0423. The van der Waals surface area contributed by atoms with Gasteiger partial charge in [-0.05, 0) is 55.5 Å². The molecule has 142 valence electrons. The molecule has 2 heterocycles. The summed E-state index contributed by atoms with van der Waals surface area (Å²) in [7, 11) is 0. The number of alkyl halides is 3. The lowest BCUT2D eigenvalue weighted by Gasteiger charge is -2.12. The number of rotatable bonds is 4. The second-order valence-corrected chi connectivity index (χ2v) is 6.03. The first kappa shape index (κ1) is 18.9. The quantitative estimate of drug-likeness (QED) is 0.795. The maximum atomic E-state index is 13.0. The molecule has 8 heteroatoms. The van der Waals surface area contributed by atoms with E-state index in [2.05, 4.69) is 9.97 Å². The van der Waals surface area contributed by atoms with Gasteiger partial charge in [-0.2, -0.15) is 13.2 Å². The van der Waals surface area contributed by atoms with Crippen molar-refractivity contribution >= 4 is 17.1 Å². The molecule has 0 saturated carbocycles. The lowest BCUT2D eigenvalue weighted by Crippen LogP contribution is -2.08. The van der Waals surface area contributed by atoms with E-state index in [1.165, 1.54) is 6.07 Å². The zero-order valence-electron chi connectivity index (χ0n) is 14.5. The van der Waals surface area contributed by atoms with E-state index in [1.54, 1.807) is 19.1 Å². The van der Waals surface area contributed by atoms with E-state index >= 15 is 0 Å². The number of hydrogen-bond acceptors (Lipinski definition) is 5. The summed E-state index contributed by atoms with van der Waals surface area (Å²) in [5.41, 5.74) is 0.962. The minimum Gasteiger partial charge on any atom is -0.493 e. The van der Waals surface area contributed by atoms with Crippen LogP contribution in [0.25, 0.3) is 11.1 Å². The van der Waals surface area contributed by atoms with Gasteiger partial charge in [0.25, 0.3) is 0 Å². The second kappa shape index (κ2) is 7.38. The number of aromatic nitrogens is 2. The summed E-state index contributed by atoms with van der Waals surface area (Å²) in [6.07, 6.45) is -2.20. The van der Waals surface area contributed by atoms with Crippen LogP contribution in [0.3, 0.4) is 0 Å². The lowest BCUT2D eigenvalue weighted by atomic mass is 9.99. The fraction of sp³-hybridized carbons (Fsp3) is 0.316. The molecule has 0 aliphatic heterocycles. The fourth-order valence-corrected chi connectivity index (χ4v) is 3.08. The Morgan fingerprint density at radius 2 is 2.00 bits per heavy atom. The third-order valence-electron chi connectivity index (χ3n) is 4.28. The Bertz CT molecular complexity index is 907. The third-order valence-corrected chi connectivity index (χ3v) is 4.28. The summed E-state index contributed by atoms with van der Waals surface area (Å²) in [6.45, 7) is 1.89. The van der Waals surface area contributed by atoms with Crippen molar-refractivity contribution in [1.82, 2.24) is 9.97 Å². The van der Waals surface area contributed by atoms with Crippen LogP contribution >= 0.6 is 0 Å². The molecular formula is C19H17F3N2O3. The highest BCUT2D eigenvalue weighted by molar-refractivity contribution is 5.94. The summed E-state index contributed by atoms with van der Waals surface area (Å²) < 4.78 is 44.0. The molecule has 5 nitrogen and oxygen atoms in total. The van der Waals surface area contributed by atoms with E-state index < -0.39 is 23.6 Å². The van der Waals surface area contributed by atoms with E-state index in [1.807, 2.05) is 0 Å². The molecule has 1 N–H and O–H groups in total. The number of esters is 1. The summed E-state index contributed by atoms with van der Waals surface area (Å²) >= 11 is 0. The van der Waals surface area contributed by atoms with Crippen LogP contribution < -0.4 is 0 Å². The number of aromatic hydroxyl groups is 1. The molecule has 27 heavy (non-hydrogen) atoms. The zero-order chi connectivity index (χ0) is 19.6. The number of hydrogen-bond donors (Lipinski definition) is 1. The molecule has 1 aliphatic rings. The predicted octanol–water partition coefficient (Wildman–Crippen LogP) is 4.47. The number of ether oxygens (including phenoxy) is 1. The van der Waals surface area contributed by atoms with Gasteiger partial charge in [0.05, 0.1) is 17.9 Å². The highest BCUT2D eigenvalue weighted by Crippen LogP contribution is 2.43. The standard InChI is InChI=1S/C19H17F3N2O3/c1-2-27-18(26)16-8-4-7-15(24-16)13-6-3-5-12(13)14-9-11(19(20,21)22)10-23-17(14)25/h4,7-10H,2-3,5-6H2,1H3,(H,23,25). The maximum Gasteiger partial charge on any atom is 0.417 e. The molecule has 0 fully saturated rings. The number of allylic oxidation sites excluding steroid dienone is 2. The van der Waals surface area contributed by atoms with E-state index in [-0.39, 0.29) is 17.9 Å². The van der Waals surface area contributed by atoms with E-state index in [9.17, 15) is 23.1 Å². The Labute approximate surface area is 153 Å².